The molecule has 1 aliphatic carbocycles. The largest absolute Gasteiger partial charge is 0.491 e. The highest BCUT2D eigenvalue weighted by Crippen LogP contribution is 2.47. The van der Waals surface area contributed by atoms with Crippen LogP contribution in [0, 0.1) is 11.3 Å². The van der Waals surface area contributed by atoms with Crippen LogP contribution in [-0.2, 0) is 4.79 Å². The first-order chi connectivity index (χ1) is 14.9. The normalized spacial score (nSPS) is 21.0. The molecule has 0 saturated heterocycles. The van der Waals surface area contributed by atoms with Crippen LogP contribution in [0.5, 0.6) is 5.75 Å². The van der Waals surface area contributed by atoms with E-state index in [-0.39, 0.29) is 17.8 Å². The van der Waals surface area contributed by atoms with Gasteiger partial charge in [0.05, 0.1) is 23.7 Å². The lowest BCUT2D eigenvalue weighted by molar-refractivity contribution is -0.116. The fourth-order valence-corrected chi connectivity index (χ4v) is 4.67. The van der Waals surface area contributed by atoms with Gasteiger partial charge in [-0.25, -0.2) is 0 Å². The Labute approximate surface area is 188 Å². The van der Waals surface area contributed by atoms with E-state index >= 15 is 0 Å². The van der Waals surface area contributed by atoms with Crippen LogP contribution < -0.4 is 10.1 Å². The molecule has 2 aromatic carbocycles. The summed E-state index contributed by atoms with van der Waals surface area (Å²) < 4.78 is 6.04. The topological polar surface area (TPSA) is 62.1 Å². The van der Waals surface area contributed by atoms with Gasteiger partial charge in [0.15, 0.2) is 5.78 Å². The minimum Gasteiger partial charge on any atom is -0.491 e. The van der Waals surface area contributed by atoms with Crippen molar-refractivity contribution < 1.29 is 9.53 Å². The molecule has 0 bridgehead atoms. The Morgan fingerprint density at radius 1 is 1.13 bits per heavy atom. The van der Waals surface area contributed by atoms with Crippen LogP contribution >= 0.6 is 11.6 Å². The van der Waals surface area contributed by atoms with Crippen LogP contribution in [-0.4, -0.2) is 11.9 Å². The quantitative estimate of drug-likeness (QED) is 0.642. The van der Waals surface area contributed by atoms with Gasteiger partial charge in [-0.05, 0) is 56.9 Å². The zero-order valence-corrected chi connectivity index (χ0v) is 18.7. The molecule has 2 atom stereocenters. The Balaban J connectivity index is 1.80. The number of nitrogens with zero attached hydrogens (tertiary/aromatic N) is 1. The van der Waals surface area contributed by atoms with E-state index in [0.29, 0.717) is 34.8 Å². The Bertz CT molecular complexity index is 1120. The molecule has 158 valence electrons. The van der Waals surface area contributed by atoms with Crippen molar-refractivity contribution in [1.82, 2.24) is 5.32 Å². The molecule has 1 heterocycles. The molecule has 0 saturated carbocycles. The van der Waals surface area contributed by atoms with Crippen LogP contribution in [0.15, 0.2) is 71.1 Å². The molecular formula is C26H25ClN2O2. The summed E-state index contributed by atoms with van der Waals surface area (Å²) in [6, 6.07) is 17.8. The van der Waals surface area contributed by atoms with Gasteiger partial charge in [0.2, 0.25) is 0 Å². The number of Topliss-reactive ketones (excluding diaryl/α,β-unsaturated/α-hetero) is 1. The summed E-state index contributed by atoms with van der Waals surface area (Å²) in [7, 11) is 0. The first-order valence-corrected chi connectivity index (χ1v) is 10.9. The number of dihydropyridines is 1. The van der Waals surface area contributed by atoms with Gasteiger partial charge >= 0.3 is 0 Å². The summed E-state index contributed by atoms with van der Waals surface area (Å²) >= 11 is 6.04. The van der Waals surface area contributed by atoms with E-state index < -0.39 is 5.92 Å². The Morgan fingerprint density at radius 3 is 2.52 bits per heavy atom. The van der Waals surface area contributed by atoms with Crippen molar-refractivity contribution in [3.63, 3.8) is 0 Å². The van der Waals surface area contributed by atoms with Crippen molar-refractivity contribution in [2.24, 2.45) is 0 Å². The van der Waals surface area contributed by atoms with Crippen LogP contribution in [0.2, 0.25) is 5.02 Å². The number of rotatable bonds is 4. The molecule has 0 amide bonds. The molecule has 5 heteroatoms. The lowest BCUT2D eigenvalue weighted by Crippen LogP contribution is -2.33. The van der Waals surface area contributed by atoms with Crippen molar-refractivity contribution in [2.75, 3.05) is 0 Å². The molecule has 0 aromatic heterocycles. The maximum Gasteiger partial charge on any atom is 0.162 e. The second kappa shape index (κ2) is 8.61. The molecule has 2 aliphatic rings. The van der Waals surface area contributed by atoms with E-state index in [9.17, 15) is 10.1 Å². The molecule has 2 aromatic rings. The fraction of sp³-hybridized carbons (Fsp3) is 0.308. The minimum absolute atomic E-state index is 0.0109. The fourth-order valence-electron chi connectivity index (χ4n) is 4.55. The second-order valence-electron chi connectivity index (χ2n) is 8.39. The Kier molecular flexibility index (Phi) is 5.89. The molecule has 0 spiro atoms. The van der Waals surface area contributed by atoms with Crippen molar-refractivity contribution in [3.8, 4) is 11.8 Å². The number of para-hydroxylation sites is 1. The number of ketones is 1. The van der Waals surface area contributed by atoms with Crippen LogP contribution in [0.25, 0.3) is 0 Å². The summed E-state index contributed by atoms with van der Waals surface area (Å²) in [6.07, 6.45) is 1.11. The van der Waals surface area contributed by atoms with Gasteiger partial charge in [0.25, 0.3) is 0 Å². The summed E-state index contributed by atoms with van der Waals surface area (Å²) in [4.78, 5) is 13.5. The van der Waals surface area contributed by atoms with Gasteiger partial charge in [0.1, 0.15) is 5.75 Å². The van der Waals surface area contributed by atoms with E-state index in [2.05, 4.69) is 11.4 Å². The molecule has 1 N–H and O–H groups in total. The third kappa shape index (κ3) is 4.11. The van der Waals surface area contributed by atoms with E-state index in [4.69, 9.17) is 16.3 Å². The number of allylic oxidation sites excluding steroid dienone is 4. The summed E-state index contributed by atoms with van der Waals surface area (Å²) in [5, 5.41) is 14.0. The number of benzene rings is 2. The maximum absolute atomic E-state index is 13.5. The molecular weight excluding hydrogens is 408 g/mol. The number of carbonyl (C=O) groups is 1. The van der Waals surface area contributed by atoms with Crippen molar-refractivity contribution in [3.05, 3.63) is 87.2 Å². The van der Waals surface area contributed by atoms with Gasteiger partial charge in [-0.2, -0.15) is 5.26 Å². The first-order valence-electron chi connectivity index (χ1n) is 10.5. The molecule has 0 fully saturated rings. The molecule has 4 nitrogen and oxygen atoms in total. The van der Waals surface area contributed by atoms with E-state index in [0.717, 1.165) is 22.5 Å². The third-order valence-corrected chi connectivity index (χ3v) is 6.13. The summed E-state index contributed by atoms with van der Waals surface area (Å²) in [6.45, 7) is 5.84. The second-order valence-corrected chi connectivity index (χ2v) is 8.82. The van der Waals surface area contributed by atoms with Crippen LogP contribution in [0.1, 0.15) is 56.6 Å². The summed E-state index contributed by atoms with van der Waals surface area (Å²) in [5.41, 5.74) is 4.90. The number of hydrogen-bond acceptors (Lipinski definition) is 4. The van der Waals surface area contributed by atoms with Crippen LogP contribution in [0.4, 0.5) is 0 Å². The lowest BCUT2D eigenvalue weighted by Gasteiger charge is -2.36. The Morgan fingerprint density at radius 2 is 1.84 bits per heavy atom. The van der Waals surface area contributed by atoms with Crippen LogP contribution in [0.3, 0.4) is 0 Å². The average Bonchev–Trinajstić information content (AvgIpc) is 2.73. The maximum atomic E-state index is 13.5. The third-order valence-electron chi connectivity index (χ3n) is 5.88. The molecule has 0 unspecified atom stereocenters. The molecule has 31 heavy (non-hydrogen) atoms. The number of hydrogen-bond donors (Lipinski definition) is 1. The number of ether oxygens (including phenoxy) is 1. The number of nitrogens with one attached hydrogen (secondary N) is 1. The molecule has 1 aliphatic heterocycles. The highest BCUT2D eigenvalue weighted by molar-refractivity contribution is 6.30. The zero-order valence-electron chi connectivity index (χ0n) is 17.9. The highest BCUT2D eigenvalue weighted by Gasteiger charge is 2.40. The highest BCUT2D eigenvalue weighted by atomic mass is 35.5. The number of halogens is 1. The smallest absolute Gasteiger partial charge is 0.162 e. The zero-order chi connectivity index (χ0) is 22.1. The van der Waals surface area contributed by atoms with Crippen molar-refractivity contribution >= 4 is 17.4 Å². The van der Waals surface area contributed by atoms with Gasteiger partial charge in [-0.3, -0.25) is 4.79 Å². The van der Waals surface area contributed by atoms with Crippen molar-refractivity contribution in [2.45, 2.75) is 51.6 Å². The lowest BCUT2D eigenvalue weighted by atomic mass is 9.72. The number of carbonyl (C=O) groups excluding carboxylic acids is 1. The summed E-state index contributed by atoms with van der Waals surface area (Å²) in [5.74, 6) is 0.438. The molecule has 0 radical (unpaired) electrons. The van der Waals surface area contributed by atoms with Gasteiger partial charge in [-0.1, -0.05) is 41.9 Å². The Hall–Kier alpha value is -3.03. The van der Waals surface area contributed by atoms with Crippen molar-refractivity contribution in [1.29, 1.82) is 5.26 Å². The van der Waals surface area contributed by atoms with E-state index in [1.807, 2.05) is 69.3 Å². The monoisotopic (exact) mass is 432 g/mol. The SMILES string of the molecule is CC1=C(C#N)[C@H](c2ccccc2OC(C)C)C2=C(C[C@@H](c3ccc(Cl)cc3)CC2=O)N1. The predicted octanol–water partition coefficient (Wildman–Crippen LogP) is 6.01. The first kappa shape index (κ1) is 21.2. The minimum atomic E-state index is -0.421. The number of nitriles is 1. The molecule has 4 rings (SSSR count). The van der Waals surface area contributed by atoms with E-state index in [1.54, 1.807) is 0 Å². The standard InChI is InChI=1S/C26H25ClN2O2/c1-15(2)31-24-7-5-4-6-20(24)25-21(14-28)16(3)29-22-12-18(13-23(30)26(22)25)17-8-10-19(27)11-9-17/h4-11,15,18,25,29H,12-13H2,1-3H3/t18-,25+/m1/s1. The van der Waals surface area contributed by atoms with Gasteiger partial charge in [0, 0.05) is 34.0 Å². The average molecular weight is 433 g/mol. The van der Waals surface area contributed by atoms with Gasteiger partial charge < -0.3 is 10.1 Å². The van der Waals surface area contributed by atoms with Gasteiger partial charge in [-0.15, -0.1) is 0 Å². The predicted molar refractivity (Wildman–Crippen MR) is 122 cm³/mol. The van der Waals surface area contributed by atoms with E-state index in [1.165, 1.54) is 0 Å².